The van der Waals surface area contributed by atoms with E-state index in [0.29, 0.717) is 35.3 Å². The average molecular weight is 574 g/mol. The van der Waals surface area contributed by atoms with Crippen molar-refractivity contribution >= 4 is 17.0 Å². The summed E-state index contributed by atoms with van der Waals surface area (Å²) in [6, 6.07) is 15.7. The maximum absolute atomic E-state index is 15.4. The molecule has 0 radical (unpaired) electrons. The molecule has 5 aromatic rings. The largest absolute Gasteiger partial charge is 0.478 e. The van der Waals surface area contributed by atoms with Gasteiger partial charge in [0.05, 0.1) is 34.4 Å². The number of pyridine rings is 1. The normalized spacial score (nSPS) is 16.4. The first-order chi connectivity index (χ1) is 20.2. The molecule has 2 aromatic heterocycles. The van der Waals surface area contributed by atoms with Crippen LogP contribution in [0.25, 0.3) is 22.3 Å². The number of fused-ring (bicyclic) bond motifs is 1. The van der Waals surface area contributed by atoms with Gasteiger partial charge in [-0.2, -0.15) is 0 Å². The number of aromatic carboxylic acids is 1. The highest BCUT2D eigenvalue weighted by Gasteiger charge is 2.33. The maximum Gasteiger partial charge on any atom is 0.335 e. The van der Waals surface area contributed by atoms with E-state index >= 15 is 8.78 Å². The number of hydrogen-bond donors (Lipinski definition) is 2. The molecule has 1 saturated carbocycles. The van der Waals surface area contributed by atoms with E-state index in [4.69, 9.17) is 4.74 Å². The zero-order chi connectivity index (χ0) is 29.5. The van der Waals surface area contributed by atoms with Crippen molar-refractivity contribution in [2.45, 2.75) is 44.9 Å². The molecule has 2 atom stereocenters. The third kappa shape index (κ3) is 5.21. The average Bonchev–Trinajstić information content (AvgIpc) is 3.30. The minimum Gasteiger partial charge on any atom is -0.478 e. The molecule has 0 aliphatic heterocycles. The topological polar surface area (TPSA) is 97.5 Å². The summed E-state index contributed by atoms with van der Waals surface area (Å²) in [4.78, 5) is 20.4. The zero-order valence-electron chi connectivity index (χ0n) is 22.5. The molecule has 1 fully saturated rings. The van der Waals surface area contributed by atoms with Crippen LogP contribution in [0.15, 0.2) is 66.7 Å². The highest BCUT2D eigenvalue weighted by atomic mass is 19.1. The van der Waals surface area contributed by atoms with E-state index in [-0.39, 0.29) is 47.3 Å². The first kappa shape index (κ1) is 27.5. The minimum absolute atomic E-state index is 0.0438. The Balaban J connectivity index is 1.29. The Hall–Kier alpha value is -4.70. The van der Waals surface area contributed by atoms with Crippen LogP contribution in [0.3, 0.4) is 0 Å². The van der Waals surface area contributed by atoms with E-state index in [9.17, 15) is 19.4 Å². The molecule has 10 heteroatoms. The molecule has 0 bridgehead atoms. The maximum atomic E-state index is 15.4. The van der Waals surface area contributed by atoms with E-state index in [2.05, 4.69) is 9.97 Å². The Morgan fingerprint density at radius 3 is 2.48 bits per heavy atom. The molecular formula is C32H26F3N3O4. The van der Waals surface area contributed by atoms with Gasteiger partial charge in [0.1, 0.15) is 29.9 Å². The number of carboxylic acids is 1. The fraction of sp³-hybridized carbons (Fsp3) is 0.219. The van der Waals surface area contributed by atoms with Crippen LogP contribution in [-0.4, -0.2) is 36.8 Å². The standard InChI is InChI=1S/C32H26F3N3O4/c1-17-5-6-19(22(33)11-17)16-42-31-4-2-3-25(37-31)21-15-23(34)20(12-24(21)35)14-30-36-26-8-7-18(32(40)41)13-28(26)38(30)27-9-10-29(27)39/h2-8,11-13,15,27,29,39H,9-10,14,16H2,1H3,(H,40,41)/t27-,29-/m0/s1. The number of aromatic nitrogens is 3. The number of carbonyl (C=O) groups is 1. The fourth-order valence-electron chi connectivity index (χ4n) is 5.19. The van der Waals surface area contributed by atoms with Crippen molar-refractivity contribution in [1.29, 1.82) is 0 Å². The Morgan fingerprint density at radius 1 is 0.952 bits per heavy atom. The summed E-state index contributed by atoms with van der Waals surface area (Å²) in [6.07, 6.45) is 0.493. The lowest BCUT2D eigenvalue weighted by molar-refractivity contribution is 0.0324. The second-order valence-corrected chi connectivity index (χ2v) is 10.5. The zero-order valence-corrected chi connectivity index (χ0v) is 22.5. The number of ether oxygens (including phenoxy) is 1. The molecule has 214 valence electrons. The number of halogens is 3. The quantitative estimate of drug-likeness (QED) is 0.223. The smallest absolute Gasteiger partial charge is 0.335 e. The highest BCUT2D eigenvalue weighted by Crippen LogP contribution is 2.37. The summed E-state index contributed by atoms with van der Waals surface area (Å²) in [5.74, 6) is -2.38. The second kappa shape index (κ2) is 10.9. The van der Waals surface area contributed by atoms with Gasteiger partial charge in [-0.15, -0.1) is 0 Å². The van der Waals surface area contributed by atoms with Crippen LogP contribution in [0.2, 0.25) is 0 Å². The van der Waals surface area contributed by atoms with Crippen LogP contribution in [0.1, 0.15) is 51.8 Å². The fourth-order valence-corrected chi connectivity index (χ4v) is 5.19. The van der Waals surface area contributed by atoms with Gasteiger partial charge in [-0.1, -0.05) is 18.2 Å². The van der Waals surface area contributed by atoms with E-state index in [1.165, 1.54) is 24.3 Å². The van der Waals surface area contributed by atoms with Gasteiger partial charge in [0.15, 0.2) is 0 Å². The molecule has 1 aliphatic rings. The van der Waals surface area contributed by atoms with E-state index in [1.54, 1.807) is 41.8 Å². The van der Waals surface area contributed by atoms with Gasteiger partial charge in [-0.25, -0.2) is 27.9 Å². The van der Waals surface area contributed by atoms with Gasteiger partial charge in [0.25, 0.3) is 0 Å². The van der Waals surface area contributed by atoms with Crippen molar-refractivity contribution < 1.29 is 32.9 Å². The summed E-state index contributed by atoms with van der Waals surface area (Å²) < 4.78 is 52.4. The van der Waals surface area contributed by atoms with Crippen molar-refractivity contribution in [3.05, 3.63) is 112 Å². The molecule has 1 aliphatic carbocycles. The summed E-state index contributed by atoms with van der Waals surface area (Å²) in [7, 11) is 0. The predicted octanol–water partition coefficient (Wildman–Crippen LogP) is 6.39. The molecule has 3 aromatic carbocycles. The van der Waals surface area contributed by atoms with Crippen molar-refractivity contribution in [3.63, 3.8) is 0 Å². The predicted molar refractivity (Wildman–Crippen MR) is 149 cm³/mol. The summed E-state index contributed by atoms with van der Waals surface area (Å²) in [5.41, 5.74) is 2.31. The molecule has 0 spiro atoms. The number of aryl methyl sites for hydroxylation is 1. The Morgan fingerprint density at radius 2 is 1.76 bits per heavy atom. The number of imidazole rings is 1. The number of aliphatic hydroxyl groups is 1. The Labute approximate surface area is 238 Å². The Kier molecular flexibility index (Phi) is 7.16. The van der Waals surface area contributed by atoms with E-state index in [1.807, 2.05) is 0 Å². The molecule has 2 N–H and O–H groups in total. The van der Waals surface area contributed by atoms with Crippen LogP contribution < -0.4 is 4.74 Å². The number of benzene rings is 3. The monoisotopic (exact) mass is 573 g/mol. The van der Waals surface area contributed by atoms with Gasteiger partial charge in [-0.3, -0.25) is 0 Å². The third-order valence-corrected chi connectivity index (χ3v) is 7.61. The lowest BCUT2D eigenvalue weighted by Crippen LogP contribution is -2.34. The molecular weight excluding hydrogens is 547 g/mol. The number of aliphatic hydroxyl groups excluding tert-OH is 1. The van der Waals surface area contributed by atoms with Crippen molar-refractivity contribution in [2.24, 2.45) is 0 Å². The number of carboxylic acid groups (broad SMARTS) is 1. The molecule has 6 rings (SSSR count). The lowest BCUT2D eigenvalue weighted by Gasteiger charge is -2.35. The lowest BCUT2D eigenvalue weighted by atomic mass is 9.88. The van der Waals surface area contributed by atoms with Gasteiger partial charge in [-0.05, 0) is 73.4 Å². The van der Waals surface area contributed by atoms with Crippen LogP contribution >= 0.6 is 0 Å². The van der Waals surface area contributed by atoms with Crippen molar-refractivity contribution in [1.82, 2.24) is 14.5 Å². The van der Waals surface area contributed by atoms with E-state index < -0.39 is 29.5 Å². The third-order valence-electron chi connectivity index (χ3n) is 7.61. The molecule has 2 heterocycles. The van der Waals surface area contributed by atoms with Crippen molar-refractivity contribution in [2.75, 3.05) is 0 Å². The second-order valence-electron chi connectivity index (χ2n) is 10.5. The number of nitrogens with zero attached hydrogens (tertiary/aromatic N) is 3. The molecule has 0 amide bonds. The van der Waals surface area contributed by atoms with Crippen LogP contribution in [0.4, 0.5) is 13.2 Å². The van der Waals surface area contributed by atoms with E-state index in [0.717, 1.165) is 17.7 Å². The van der Waals surface area contributed by atoms with Gasteiger partial charge in [0.2, 0.25) is 5.88 Å². The molecule has 42 heavy (non-hydrogen) atoms. The SMILES string of the molecule is Cc1ccc(COc2cccc(-c3cc(F)c(Cc4nc5ccc(C(=O)O)cc5n4[C@H]4CC[C@@H]4O)cc3F)n2)c(F)c1. The first-order valence-corrected chi connectivity index (χ1v) is 13.4. The first-order valence-electron chi connectivity index (χ1n) is 13.4. The van der Waals surface area contributed by atoms with Crippen LogP contribution in [-0.2, 0) is 13.0 Å². The minimum atomic E-state index is -1.10. The molecule has 0 unspecified atom stereocenters. The summed E-state index contributed by atoms with van der Waals surface area (Å²) >= 11 is 0. The van der Waals surface area contributed by atoms with Gasteiger partial charge < -0.3 is 19.5 Å². The summed E-state index contributed by atoms with van der Waals surface area (Å²) in [5, 5.41) is 19.8. The summed E-state index contributed by atoms with van der Waals surface area (Å²) in [6.45, 7) is 1.70. The number of rotatable bonds is 8. The van der Waals surface area contributed by atoms with Gasteiger partial charge >= 0.3 is 5.97 Å². The Bertz CT molecular complexity index is 1840. The van der Waals surface area contributed by atoms with Crippen LogP contribution in [0, 0.1) is 24.4 Å². The van der Waals surface area contributed by atoms with Crippen molar-refractivity contribution in [3.8, 4) is 17.1 Å². The van der Waals surface area contributed by atoms with Crippen LogP contribution in [0.5, 0.6) is 5.88 Å². The molecule has 7 nitrogen and oxygen atoms in total. The molecule has 0 saturated heterocycles. The number of hydrogen-bond acceptors (Lipinski definition) is 5. The highest BCUT2D eigenvalue weighted by molar-refractivity contribution is 5.92. The van der Waals surface area contributed by atoms with Gasteiger partial charge in [0, 0.05) is 23.6 Å².